The first-order valence-electron chi connectivity index (χ1n) is 10.4. The van der Waals surface area contributed by atoms with Crippen molar-refractivity contribution in [2.75, 3.05) is 39.5 Å². The number of nitrogens with one attached hydrogen (secondary N) is 1. The SMILES string of the molecule is CON(C)CCS(=O)(=O)N1CCC(c2c[nH]c3ccc(-c4ccccc4)cc23)CC1. The molecule has 0 bridgehead atoms. The molecule has 2 aromatic carbocycles. The van der Waals surface area contributed by atoms with Gasteiger partial charge in [0.25, 0.3) is 0 Å². The van der Waals surface area contributed by atoms with E-state index in [-0.39, 0.29) is 5.75 Å². The average molecular weight is 428 g/mol. The fourth-order valence-corrected chi connectivity index (χ4v) is 5.71. The van der Waals surface area contributed by atoms with Crippen LogP contribution in [0.25, 0.3) is 22.0 Å². The fourth-order valence-electron chi connectivity index (χ4n) is 4.20. The summed E-state index contributed by atoms with van der Waals surface area (Å²) in [4.78, 5) is 8.42. The molecule has 6 nitrogen and oxygen atoms in total. The van der Waals surface area contributed by atoms with Gasteiger partial charge in [-0.3, -0.25) is 0 Å². The molecule has 2 heterocycles. The number of aromatic amines is 1. The maximum absolute atomic E-state index is 12.7. The van der Waals surface area contributed by atoms with Crippen LogP contribution in [0, 0.1) is 0 Å². The number of H-pyrrole nitrogens is 1. The number of hydroxylamine groups is 2. The smallest absolute Gasteiger partial charge is 0.215 e. The predicted molar refractivity (Wildman–Crippen MR) is 121 cm³/mol. The van der Waals surface area contributed by atoms with Crippen molar-refractivity contribution in [3.8, 4) is 11.1 Å². The molecule has 0 atom stereocenters. The van der Waals surface area contributed by atoms with Crippen molar-refractivity contribution < 1.29 is 13.3 Å². The van der Waals surface area contributed by atoms with Crippen LogP contribution in [0.2, 0.25) is 0 Å². The van der Waals surface area contributed by atoms with Gasteiger partial charge in [-0.25, -0.2) is 12.7 Å². The lowest BCUT2D eigenvalue weighted by Gasteiger charge is -2.31. The molecule has 0 spiro atoms. The molecule has 0 amide bonds. The number of benzene rings is 2. The first-order valence-corrected chi connectivity index (χ1v) is 12.0. The van der Waals surface area contributed by atoms with Crippen LogP contribution in [0.15, 0.2) is 54.7 Å². The van der Waals surface area contributed by atoms with E-state index >= 15 is 0 Å². The molecular formula is C23H29N3O3S. The Labute approximate surface area is 178 Å². The van der Waals surface area contributed by atoms with Crippen LogP contribution in [0.5, 0.6) is 0 Å². The maximum atomic E-state index is 12.7. The normalized spacial score (nSPS) is 16.5. The summed E-state index contributed by atoms with van der Waals surface area (Å²) >= 11 is 0. The van der Waals surface area contributed by atoms with Crippen LogP contribution in [0.4, 0.5) is 0 Å². The number of hydrogen-bond donors (Lipinski definition) is 1. The van der Waals surface area contributed by atoms with Crippen LogP contribution in [-0.4, -0.2) is 62.3 Å². The molecular weight excluding hydrogens is 398 g/mol. The lowest BCUT2D eigenvalue weighted by Crippen LogP contribution is -2.41. The van der Waals surface area contributed by atoms with Crippen LogP contribution >= 0.6 is 0 Å². The number of aromatic nitrogens is 1. The standard InChI is InChI=1S/C23H29N3O3S/c1-25(29-2)14-15-30(27,28)26-12-10-19(11-13-26)22-17-24-23-9-8-20(16-21(22)23)18-6-4-3-5-7-18/h3-9,16-17,19,24H,10-15H2,1-2H3. The fraction of sp³-hybridized carbons (Fsp3) is 0.391. The number of nitrogens with zero attached hydrogens (tertiary/aromatic N) is 2. The minimum atomic E-state index is -3.26. The molecule has 0 saturated carbocycles. The summed E-state index contributed by atoms with van der Waals surface area (Å²) in [7, 11) is 0.0206. The van der Waals surface area contributed by atoms with E-state index in [1.807, 2.05) is 6.07 Å². The Morgan fingerprint density at radius 2 is 1.83 bits per heavy atom. The highest BCUT2D eigenvalue weighted by Gasteiger charge is 2.29. The summed E-state index contributed by atoms with van der Waals surface area (Å²) in [6.07, 6.45) is 3.77. The van der Waals surface area contributed by atoms with Gasteiger partial charge in [0.1, 0.15) is 0 Å². The molecule has 4 rings (SSSR count). The molecule has 1 aliphatic heterocycles. The van der Waals surface area contributed by atoms with E-state index in [1.54, 1.807) is 23.5 Å². The number of rotatable bonds is 7. The van der Waals surface area contributed by atoms with Gasteiger partial charge in [-0.15, -0.1) is 0 Å². The van der Waals surface area contributed by atoms with E-state index < -0.39 is 10.0 Å². The lowest BCUT2D eigenvalue weighted by atomic mass is 9.89. The van der Waals surface area contributed by atoms with Gasteiger partial charge in [-0.1, -0.05) is 36.4 Å². The predicted octanol–water partition coefficient (Wildman–Crippen LogP) is 3.84. The zero-order valence-corrected chi connectivity index (χ0v) is 18.4. The van der Waals surface area contributed by atoms with Crippen molar-refractivity contribution >= 4 is 20.9 Å². The molecule has 0 unspecified atom stereocenters. The van der Waals surface area contributed by atoms with Gasteiger partial charge in [0.15, 0.2) is 0 Å². The van der Waals surface area contributed by atoms with Gasteiger partial charge < -0.3 is 9.82 Å². The molecule has 1 aliphatic rings. The quantitative estimate of drug-likeness (QED) is 0.582. The lowest BCUT2D eigenvalue weighted by molar-refractivity contribution is -0.104. The second-order valence-electron chi connectivity index (χ2n) is 7.89. The van der Waals surface area contributed by atoms with Crippen molar-refractivity contribution in [2.45, 2.75) is 18.8 Å². The number of piperidine rings is 1. The Morgan fingerprint density at radius 1 is 1.10 bits per heavy atom. The molecule has 1 saturated heterocycles. The van der Waals surface area contributed by atoms with Crippen molar-refractivity contribution in [1.29, 1.82) is 0 Å². The van der Waals surface area contributed by atoms with E-state index in [0.717, 1.165) is 18.4 Å². The molecule has 1 aromatic heterocycles. The highest BCUT2D eigenvalue weighted by atomic mass is 32.2. The minimum Gasteiger partial charge on any atom is -0.361 e. The van der Waals surface area contributed by atoms with Crippen LogP contribution < -0.4 is 0 Å². The maximum Gasteiger partial charge on any atom is 0.215 e. The molecule has 30 heavy (non-hydrogen) atoms. The Morgan fingerprint density at radius 3 is 2.53 bits per heavy atom. The molecule has 1 N–H and O–H groups in total. The van der Waals surface area contributed by atoms with E-state index in [0.29, 0.717) is 25.6 Å². The van der Waals surface area contributed by atoms with E-state index in [2.05, 4.69) is 53.6 Å². The molecule has 0 aliphatic carbocycles. The minimum absolute atomic E-state index is 0.0789. The highest BCUT2D eigenvalue weighted by Crippen LogP contribution is 2.35. The summed E-state index contributed by atoms with van der Waals surface area (Å²) in [5.41, 5.74) is 4.82. The van der Waals surface area contributed by atoms with Gasteiger partial charge in [-0.2, -0.15) is 5.06 Å². The summed E-state index contributed by atoms with van der Waals surface area (Å²) < 4.78 is 26.9. The zero-order valence-electron chi connectivity index (χ0n) is 17.5. The third kappa shape index (κ3) is 4.44. The highest BCUT2D eigenvalue weighted by molar-refractivity contribution is 7.89. The molecule has 0 radical (unpaired) electrons. The van der Waals surface area contributed by atoms with E-state index in [9.17, 15) is 8.42 Å². The number of sulfonamides is 1. The summed E-state index contributed by atoms with van der Waals surface area (Å²) in [6.45, 7) is 1.49. The third-order valence-electron chi connectivity index (χ3n) is 6.08. The van der Waals surface area contributed by atoms with Crippen molar-refractivity contribution in [1.82, 2.24) is 14.4 Å². The second kappa shape index (κ2) is 8.89. The van der Waals surface area contributed by atoms with Crippen LogP contribution in [-0.2, 0) is 14.9 Å². The van der Waals surface area contributed by atoms with Gasteiger partial charge in [-0.05, 0) is 47.6 Å². The second-order valence-corrected chi connectivity index (χ2v) is 9.98. The Hall–Kier alpha value is -2.19. The van der Waals surface area contributed by atoms with Crippen LogP contribution in [0.3, 0.4) is 0 Å². The molecule has 160 valence electrons. The molecule has 7 heteroatoms. The van der Waals surface area contributed by atoms with Crippen molar-refractivity contribution in [3.05, 3.63) is 60.3 Å². The first-order chi connectivity index (χ1) is 14.5. The Bertz CT molecular complexity index is 1090. The van der Waals surface area contributed by atoms with E-state index in [1.165, 1.54) is 22.1 Å². The Kier molecular flexibility index (Phi) is 6.24. The van der Waals surface area contributed by atoms with Crippen molar-refractivity contribution in [2.24, 2.45) is 0 Å². The molecule has 1 fully saturated rings. The summed E-state index contributed by atoms with van der Waals surface area (Å²) in [6, 6.07) is 16.9. The van der Waals surface area contributed by atoms with Crippen molar-refractivity contribution in [3.63, 3.8) is 0 Å². The number of fused-ring (bicyclic) bond motifs is 1. The topological polar surface area (TPSA) is 65.6 Å². The van der Waals surface area contributed by atoms with E-state index in [4.69, 9.17) is 4.84 Å². The van der Waals surface area contributed by atoms with Crippen LogP contribution in [0.1, 0.15) is 24.3 Å². The third-order valence-corrected chi connectivity index (χ3v) is 7.93. The molecule has 3 aromatic rings. The van der Waals surface area contributed by atoms with Gasteiger partial charge >= 0.3 is 0 Å². The summed E-state index contributed by atoms with van der Waals surface area (Å²) in [5, 5.41) is 2.78. The largest absolute Gasteiger partial charge is 0.361 e. The monoisotopic (exact) mass is 427 g/mol. The summed E-state index contributed by atoms with van der Waals surface area (Å²) in [5.74, 6) is 0.438. The first kappa shape index (κ1) is 21.1. The number of hydrogen-bond acceptors (Lipinski definition) is 4. The van der Waals surface area contributed by atoms with Gasteiger partial charge in [0.2, 0.25) is 10.0 Å². The Balaban J connectivity index is 1.48. The van der Waals surface area contributed by atoms with Gasteiger partial charge in [0.05, 0.1) is 12.9 Å². The van der Waals surface area contributed by atoms with Gasteiger partial charge in [0, 0.05) is 43.8 Å². The average Bonchev–Trinajstić information content (AvgIpc) is 3.21. The zero-order chi connectivity index (χ0) is 21.1.